The summed E-state index contributed by atoms with van der Waals surface area (Å²) in [7, 11) is 0. The maximum absolute atomic E-state index is 14.3. The number of para-hydroxylation sites is 1. The van der Waals surface area contributed by atoms with Gasteiger partial charge in [0.15, 0.2) is 4.32 Å². The van der Waals surface area contributed by atoms with Gasteiger partial charge in [0.2, 0.25) is 0 Å². The fourth-order valence-corrected chi connectivity index (χ4v) is 5.37. The Morgan fingerprint density at radius 2 is 1.76 bits per heavy atom. The Bertz CT molecular complexity index is 1460. The van der Waals surface area contributed by atoms with Gasteiger partial charge >= 0.3 is 0 Å². The number of amides is 1. The van der Waals surface area contributed by atoms with Crippen LogP contribution in [0.5, 0.6) is 0 Å². The molecule has 8 heteroatoms. The quantitative estimate of drug-likeness (QED) is 0.208. The molecule has 0 unspecified atom stereocenters. The summed E-state index contributed by atoms with van der Waals surface area (Å²) in [5.74, 6) is -0.478. The fraction of sp³-hybridized carbons (Fsp3) is 0.0400. The second-order valence-corrected chi connectivity index (χ2v) is 9.93. The van der Waals surface area contributed by atoms with Gasteiger partial charge in [-0.25, -0.2) is 4.39 Å². The number of carbonyl (C=O) groups is 1. The summed E-state index contributed by atoms with van der Waals surface area (Å²) in [6.07, 6.45) is 3.76. The summed E-state index contributed by atoms with van der Waals surface area (Å²) in [6.45, 7) is 0.380. The zero-order valence-electron chi connectivity index (χ0n) is 17.0. The van der Waals surface area contributed by atoms with Gasteiger partial charge in [-0.3, -0.25) is 9.69 Å². The first-order chi connectivity index (χ1) is 15.9. The van der Waals surface area contributed by atoms with Crippen molar-refractivity contribution in [2.45, 2.75) is 6.54 Å². The van der Waals surface area contributed by atoms with Crippen LogP contribution < -0.4 is 4.90 Å². The standard InChI is InChI=1S/C25H15Cl2FN2OS2/c26-19-10-9-17(12-20(19)27)30-24(31)23(33-25(30)32)11-16-14-29(22-8-4-2-6-18(16)22)13-15-5-1-3-7-21(15)28/h1-12,14H,13H2/b23-11+. The van der Waals surface area contributed by atoms with Gasteiger partial charge in [-0.05, 0) is 36.4 Å². The number of aromatic nitrogens is 1. The molecule has 0 saturated carbocycles. The molecular weight excluding hydrogens is 498 g/mol. The molecule has 0 radical (unpaired) electrons. The van der Waals surface area contributed by atoms with Gasteiger partial charge in [-0.1, -0.05) is 83.6 Å². The van der Waals surface area contributed by atoms with E-state index in [2.05, 4.69) is 0 Å². The fourth-order valence-electron chi connectivity index (χ4n) is 3.79. The Labute approximate surface area is 209 Å². The molecule has 33 heavy (non-hydrogen) atoms. The Balaban J connectivity index is 1.53. The van der Waals surface area contributed by atoms with Crippen LogP contribution in [0, 0.1) is 5.82 Å². The van der Waals surface area contributed by atoms with Crippen molar-refractivity contribution >= 4 is 80.1 Å². The minimum atomic E-state index is -0.251. The smallest absolute Gasteiger partial charge is 0.270 e. The van der Waals surface area contributed by atoms with Gasteiger partial charge in [0.05, 0.1) is 27.2 Å². The van der Waals surface area contributed by atoms with E-state index in [0.717, 1.165) is 16.5 Å². The van der Waals surface area contributed by atoms with E-state index in [4.69, 9.17) is 35.4 Å². The Kier molecular flexibility index (Phi) is 6.01. The highest BCUT2D eigenvalue weighted by atomic mass is 35.5. The molecule has 3 aromatic carbocycles. The number of thioether (sulfide) groups is 1. The minimum Gasteiger partial charge on any atom is -0.342 e. The molecule has 1 amide bonds. The predicted molar refractivity (Wildman–Crippen MR) is 140 cm³/mol. The summed E-state index contributed by atoms with van der Waals surface area (Å²) >= 11 is 18.9. The second kappa shape index (κ2) is 8.95. The number of fused-ring (bicyclic) bond motifs is 1. The lowest BCUT2D eigenvalue weighted by Gasteiger charge is -2.15. The maximum Gasteiger partial charge on any atom is 0.270 e. The molecular formula is C25H15Cl2FN2OS2. The molecule has 0 N–H and O–H groups in total. The SMILES string of the molecule is O=C1/C(=C\c2cn(Cc3ccccc3F)c3ccccc23)SC(=S)N1c1ccc(Cl)c(Cl)c1. The molecule has 0 atom stereocenters. The molecule has 2 heterocycles. The van der Waals surface area contributed by atoms with E-state index < -0.39 is 0 Å². The van der Waals surface area contributed by atoms with E-state index in [0.29, 0.717) is 37.1 Å². The molecule has 5 rings (SSSR count). The number of thiocarbonyl (C=S) groups is 1. The average molecular weight is 513 g/mol. The lowest BCUT2D eigenvalue weighted by molar-refractivity contribution is -0.113. The van der Waals surface area contributed by atoms with Crippen molar-refractivity contribution in [2.75, 3.05) is 4.90 Å². The molecule has 0 spiro atoms. The van der Waals surface area contributed by atoms with Crippen LogP contribution in [0.4, 0.5) is 10.1 Å². The monoisotopic (exact) mass is 512 g/mol. The Morgan fingerprint density at radius 3 is 2.55 bits per heavy atom. The molecule has 1 aliphatic rings. The van der Waals surface area contributed by atoms with Crippen LogP contribution in [0.15, 0.2) is 77.8 Å². The first-order valence-corrected chi connectivity index (χ1v) is 11.9. The molecule has 1 fully saturated rings. The first kappa shape index (κ1) is 22.2. The average Bonchev–Trinajstić information content (AvgIpc) is 3.28. The van der Waals surface area contributed by atoms with Crippen LogP contribution in [0.1, 0.15) is 11.1 Å². The van der Waals surface area contributed by atoms with E-state index in [1.54, 1.807) is 30.3 Å². The van der Waals surface area contributed by atoms with Crippen molar-refractivity contribution in [3.8, 4) is 0 Å². The van der Waals surface area contributed by atoms with Crippen molar-refractivity contribution in [1.82, 2.24) is 4.57 Å². The molecule has 1 saturated heterocycles. The second-order valence-electron chi connectivity index (χ2n) is 7.44. The van der Waals surface area contributed by atoms with Crippen LogP contribution in [-0.4, -0.2) is 14.8 Å². The summed E-state index contributed by atoms with van der Waals surface area (Å²) in [5, 5.41) is 1.72. The van der Waals surface area contributed by atoms with Crippen LogP contribution in [-0.2, 0) is 11.3 Å². The molecule has 1 aliphatic heterocycles. The molecule has 1 aromatic heterocycles. The van der Waals surface area contributed by atoms with Gasteiger partial charge in [-0.15, -0.1) is 0 Å². The highest BCUT2D eigenvalue weighted by Crippen LogP contribution is 2.39. The number of hydrogen-bond acceptors (Lipinski definition) is 3. The molecule has 0 aliphatic carbocycles. The van der Waals surface area contributed by atoms with Gasteiger partial charge < -0.3 is 4.57 Å². The van der Waals surface area contributed by atoms with Gasteiger partial charge in [0, 0.05) is 28.2 Å². The normalized spacial score (nSPS) is 15.2. The number of benzene rings is 3. The third-order valence-electron chi connectivity index (χ3n) is 5.36. The van der Waals surface area contributed by atoms with Crippen molar-refractivity contribution in [3.05, 3.63) is 105 Å². The zero-order valence-corrected chi connectivity index (χ0v) is 20.1. The zero-order chi connectivity index (χ0) is 23.1. The number of nitrogens with zero attached hydrogens (tertiary/aromatic N) is 2. The van der Waals surface area contributed by atoms with E-state index in [9.17, 15) is 9.18 Å². The van der Waals surface area contributed by atoms with Crippen LogP contribution >= 0.6 is 47.2 Å². The first-order valence-electron chi connectivity index (χ1n) is 9.96. The number of carbonyl (C=O) groups excluding carboxylic acids is 1. The topological polar surface area (TPSA) is 25.2 Å². The third-order valence-corrected chi connectivity index (χ3v) is 7.40. The van der Waals surface area contributed by atoms with Crippen molar-refractivity contribution < 1.29 is 9.18 Å². The van der Waals surface area contributed by atoms with Crippen LogP contribution in [0.25, 0.3) is 17.0 Å². The molecule has 3 nitrogen and oxygen atoms in total. The highest BCUT2D eigenvalue weighted by molar-refractivity contribution is 8.27. The largest absolute Gasteiger partial charge is 0.342 e. The van der Waals surface area contributed by atoms with E-state index in [-0.39, 0.29) is 11.7 Å². The van der Waals surface area contributed by atoms with Crippen molar-refractivity contribution in [3.63, 3.8) is 0 Å². The number of hydrogen-bond donors (Lipinski definition) is 0. The number of rotatable bonds is 4. The minimum absolute atomic E-state index is 0.227. The molecule has 4 aromatic rings. The Morgan fingerprint density at radius 1 is 1.00 bits per heavy atom. The summed E-state index contributed by atoms with van der Waals surface area (Å²) in [5.41, 5.74) is 2.97. The van der Waals surface area contributed by atoms with Crippen LogP contribution in [0.3, 0.4) is 0 Å². The number of anilines is 1. The van der Waals surface area contributed by atoms with Gasteiger partial charge in [0.25, 0.3) is 5.91 Å². The van der Waals surface area contributed by atoms with Gasteiger partial charge in [0.1, 0.15) is 5.82 Å². The lowest BCUT2D eigenvalue weighted by atomic mass is 10.1. The Hall–Kier alpha value is -2.64. The predicted octanol–water partition coefficient (Wildman–Crippen LogP) is 7.54. The molecule has 0 bridgehead atoms. The molecule has 164 valence electrons. The highest BCUT2D eigenvalue weighted by Gasteiger charge is 2.33. The lowest BCUT2D eigenvalue weighted by Crippen LogP contribution is -2.27. The van der Waals surface area contributed by atoms with E-state index >= 15 is 0 Å². The summed E-state index contributed by atoms with van der Waals surface area (Å²) in [4.78, 5) is 15.2. The van der Waals surface area contributed by atoms with Crippen LogP contribution in [0.2, 0.25) is 10.0 Å². The summed E-state index contributed by atoms with van der Waals surface area (Å²) < 4.78 is 16.7. The summed E-state index contributed by atoms with van der Waals surface area (Å²) in [6, 6.07) is 19.5. The maximum atomic E-state index is 14.3. The van der Waals surface area contributed by atoms with Crippen molar-refractivity contribution in [1.29, 1.82) is 0 Å². The van der Waals surface area contributed by atoms with E-state index in [1.807, 2.05) is 47.2 Å². The third kappa shape index (κ3) is 4.20. The van der Waals surface area contributed by atoms with E-state index in [1.165, 1.54) is 22.7 Å². The number of halogens is 3. The van der Waals surface area contributed by atoms with Gasteiger partial charge in [-0.2, -0.15) is 0 Å². The van der Waals surface area contributed by atoms with Crippen molar-refractivity contribution in [2.24, 2.45) is 0 Å².